The quantitative estimate of drug-likeness (QED) is 0.821. The molecule has 1 fully saturated rings. The van der Waals surface area contributed by atoms with Crippen LogP contribution >= 0.6 is 11.6 Å². The number of hydrogen-bond acceptors (Lipinski definition) is 3. The highest BCUT2D eigenvalue weighted by Crippen LogP contribution is 2.38. The number of nitrogens with one attached hydrogen (secondary N) is 1. The molecule has 1 N–H and O–H groups in total. The van der Waals surface area contributed by atoms with Crippen molar-refractivity contribution in [1.82, 2.24) is 9.97 Å². The van der Waals surface area contributed by atoms with Gasteiger partial charge in [0.15, 0.2) is 0 Å². The molecule has 0 amide bonds. The Morgan fingerprint density at radius 2 is 2.00 bits per heavy atom. The van der Waals surface area contributed by atoms with Crippen LogP contribution in [0.15, 0.2) is 0 Å². The molecule has 1 saturated carbocycles. The predicted molar refractivity (Wildman–Crippen MR) is 67.0 cm³/mol. The first kappa shape index (κ1) is 11.6. The average Bonchev–Trinajstić information content (AvgIpc) is 2.18. The average molecular weight is 240 g/mol. The lowest BCUT2D eigenvalue weighted by molar-refractivity contribution is 0.268. The van der Waals surface area contributed by atoms with Gasteiger partial charge in [-0.2, -0.15) is 0 Å². The van der Waals surface area contributed by atoms with Gasteiger partial charge in [-0.05, 0) is 39.5 Å². The zero-order valence-electron chi connectivity index (χ0n) is 10.1. The van der Waals surface area contributed by atoms with Crippen molar-refractivity contribution < 1.29 is 0 Å². The SMILES string of the molecule is CCC1(Nc2nc(C)nc(Cl)c2C)CCC1. The maximum absolute atomic E-state index is 6.06. The van der Waals surface area contributed by atoms with Crippen LogP contribution in [-0.2, 0) is 0 Å². The number of rotatable bonds is 3. The lowest BCUT2D eigenvalue weighted by Gasteiger charge is -2.42. The summed E-state index contributed by atoms with van der Waals surface area (Å²) in [7, 11) is 0. The summed E-state index contributed by atoms with van der Waals surface area (Å²) in [5.74, 6) is 1.63. The van der Waals surface area contributed by atoms with Crippen LogP contribution < -0.4 is 5.32 Å². The molecule has 1 aromatic heterocycles. The lowest BCUT2D eigenvalue weighted by atomic mass is 9.75. The summed E-state index contributed by atoms with van der Waals surface area (Å²) >= 11 is 6.06. The van der Waals surface area contributed by atoms with Crippen molar-refractivity contribution in [2.24, 2.45) is 0 Å². The van der Waals surface area contributed by atoms with E-state index in [0.29, 0.717) is 5.15 Å². The maximum atomic E-state index is 6.06. The normalized spacial score (nSPS) is 18.0. The van der Waals surface area contributed by atoms with Gasteiger partial charge in [-0.1, -0.05) is 18.5 Å². The van der Waals surface area contributed by atoms with E-state index >= 15 is 0 Å². The lowest BCUT2D eigenvalue weighted by Crippen LogP contribution is -2.44. The molecule has 2 rings (SSSR count). The van der Waals surface area contributed by atoms with E-state index in [1.165, 1.54) is 19.3 Å². The monoisotopic (exact) mass is 239 g/mol. The molecule has 88 valence electrons. The summed E-state index contributed by atoms with van der Waals surface area (Å²) in [6.45, 7) is 6.05. The molecule has 0 spiro atoms. The van der Waals surface area contributed by atoms with E-state index in [-0.39, 0.29) is 5.54 Å². The van der Waals surface area contributed by atoms with Gasteiger partial charge < -0.3 is 5.32 Å². The fourth-order valence-electron chi connectivity index (χ4n) is 2.14. The summed E-state index contributed by atoms with van der Waals surface area (Å²) in [5.41, 5.74) is 1.20. The highest BCUT2D eigenvalue weighted by Gasteiger charge is 2.35. The molecule has 0 aliphatic heterocycles. The topological polar surface area (TPSA) is 37.8 Å². The third-order valence-corrected chi connectivity index (χ3v) is 3.94. The number of halogens is 1. The number of nitrogens with zero attached hydrogens (tertiary/aromatic N) is 2. The molecule has 0 saturated heterocycles. The van der Waals surface area contributed by atoms with Gasteiger partial charge in [0.05, 0.1) is 0 Å². The third kappa shape index (κ3) is 2.01. The molecule has 0 radical (unpaired) electrons. The Labute approximate surface area is 102 Å². The van der Waals surface area contributed by atoms with Crippen molar-refractivity contribution in [3.05, 3.63) is 16.5 Å². The standard InChI is InChI=1S/C12H18ClN3/c1-4-12(6-5-7-12)16-11-8(2)10(13)14-9(3)15-11/h4-7H2,1-3H3,(H,14,15,16). The summed E-state index contributed by atoms with van der Waals surface area (Å²) in [6.07, 6.45) is 4.89. The second-order valence-corrected chi connectivity index (χ2v) is 5.01. The Bertz CT molecular complexity index is 394. The van der Waals surface area contributed by atoms with Crippen LogP contribution in [0.4, 0.5) is 5.82 Å². The van der Waals surface area contributed by atoms with Crippen molar-refractivity contribution in [3.8, 4) is 0 Å². The Hall–Kier alpha value is -0.830. The molecule has 0 atom stereocenters. The van der Waals surface area contributed by atoms with Crippen LogP contribution in [0.5, 0.6) is 0 Å². The van der Waals surface area contributed by atoms with Gasteiger partial charge in [-0.3, -0.25) is 0 Å². The number of aromatic nitrogens is 2. The largest absolute Gasteiger partial charge is 0.364 e. The predicted octanol–water partition coefficient (Wildman–Crippen LogP) is 3.49. The Balaban J connectivity index is 2.27. The Morgan fingerprint density at radius 3 is 2.50 bits per heavy atom. The van der Waals surface area contributed by atoms with Gasteiger partial charge in [-0.15, -0.1) is 0 Å². The van der Waals surface area contributed by atoms with Gasteiger partial charge in [0.25, 0.3) is 0 Å². The zero-order valence-corrected chi connectivity index (χ0v) is 10.9. The van der Waals surface area contributed by atoms with E-state index in [9.17, 15) is 0 Å². The van der Waals surface area contributed by atoms with Gasteiger partial charge in [-0.25, -0.2) is 9.97 Å². The molecule has 1 heterocycles. The first-order chi connectivity index (χ1) is 7.56. The molecule has 1 aliphatic carbocycles. The Kier molecular flexibility index (Phi) is 3.06. The second-order valence-electron chi connectivity index (χ2n) is 4.65. The van der Waals surface area contributed by atoms with Crippen molar-refractivity contribution in [2.45, 2.75) is 52.0 Å². The van der Waals surface area contributed by atoms with Crippen molar-refractivity contribution >= 4 is 17.4 Å². The summed E-state index contributed by atoms with van der Waals surface area (Å²) in [6, 6.07) is 0. The minimum atomic E-state index is 0.245. The molecule has 0 aromatic carbocycles. The number of hydrogen-bond donors (Lipinski definition) is 1. The van der Waals surface area contributed by atoms with Gasteiger partial charge >= 0.3 is 0 Å². The molecule has 16 heavy (non-hydrogen) atoms. The first-order valence-electron chi connectivity index (χ1n) is 5.85. The summed E-state index contributed by atoms with van der Waals surface area (Å²) < 4.78 is 0. The van der Waals surface area contributed by atoms with E-state index < -0.39 is 0 Å². The van der Waals surface area contributed by atoms with Crippen LogP contribution in [0.3, 0.4) is 0 Å². The minimum absolute atomic E-state index is 0.245. The van der Waals surface area contributed by atoms with E-state index in [1.807, 2.05) is 13.8 Å². The van der Waals surface area contributed by atoms with Crippen molar-refractivity contribution in [1.29, 1.82) is 0 Å². The van der Waals surface area contributed by atoms with Crippen LogP contribution in [0.25, 0.3) is 0 Å². The fraction of sp³-hybridized carbons (Fsp3) is 0.667. The van der Waals surface area contributed by atoms with E-state index in [0.717, 1.165) is 23.6 Å². The Morgan fingerprint density at radius 1 is 1.31 bits per heavy atom. The smallest absolute Gasteiger partial charge is 0.137 e. The zero-order chi connectivity index (χ0) is 11.8. The van der Waals surface area contributed by atoms with Gasteiger partial charge in [0.1, 0.15) is 16.8 Å². The summed E-state index contributed by atoms with van der Waals surface area (Å²) in [4.78, 5) is 8.59. The highest BCUT2D eigenvalue weighted by atomic mass is 35.5. The maximum Gasteiger partial charge on any atom is 0.137 e. The van der Waals surface area contributed by atoms with Gasteiger partial charge in [0, 0.05) is 11.1 Å². The molecule has 4 heteroatoms. The molecular weight excluding hydrogens is 222 g/mol. The van der Waals surface area contributed by atoms with Crippen LogP contribution in [0.1, 0.15) is 44.0 Å². The number of aryl methyl sites for hydroxylation is 1. The van der Waals surface area contributed by atoms with Crippen LogP contribution in [-0.4, -0.2) is 15.5 Å². The van der Waals surface area contributed by atoms with Gasteiger partial charge in [0.2, 0.25) is 0 Å². The molecular formula is C12H18ClN3. The van der Waals surface area contributed by atoms with E-state index in [2.05, 4.69) is 22.2 Å². The highest BCUT2D eigenvalue weighted by molar-refractivity contribution is 6.30. The second kappa shape index (κ2) is 4.21. The van der Waals surface area contributed by atoms with Crippen LogP contribution in [0.2, 0.25) is 5.15 Å². The fourth-order valence-corrected chi connectivity index (χ4v) is 2.35. The minimum Gasteiger partial charge on any atom is -0.364 e. The third-order valence-electron chi connectivity index (χ3n) is 3.57. The molecule has 0 bridgehead atoms. The van der Waals surface area contributed by atoms with Crippen LogP contribution in [0, 0.1) is 13.8 Å². The van der Waals surface area contributed by atoms with E-state index in [1.54, 1.807) is 0 Å². The van der Waals surface area contributed by atoms with E-state index in [4.69, 9.17) is 11.6 Å². The molecule has 3 nitrogen and oxygen atoms in total. The molecule has 0 unspecified atom stereocenters. The molecule has 1 aliphatic rings. The summed E-state index contributed by atoms with van der Waals surface area (Å²) in [5, 5.41) is 4.11. The van der Waals surface area contributed by atoms with Crippen molar-refractivity contribution in [3.63, 3.8) is 0 Å². The number of anilines is 1. The molecule has 1 aromatic rings. The van der Waals surface area contributed by atoms with Crippen molar-refractivity contribution in [2.75, 3.05) is 5.32 Å². The first-order valence-corrected chi connectivity index (χ1v) is 6.23.